The van der Waals surface area contributed by atoms with Crippen molar-refractivity contribution in [2.24, 2.45) is 5.73 Å². The molecule has 3 heteroatoms. The summed E-state index contributed by atoms with van der Waals surface area (Å²) >= 11 is 0. The van der Waals surface area contributed by atoms with Gasteiger partial charge in [-0.05, 0) is 18.6 Å². The maximum Gasteiger partial charge on any atom is 0.0748 e. The molecule has 0 bridgehead atoms. The minimum absolute atomic E-state index is 0.162. The number of nitrogens with two attached hydrogens (primary N) is 1. The fourth-order valence-electron chi connectivity index (χ4n) is 2.30. The Morgan fingerprint density at radius 2 is 2.33 bits per heavy atom. The van der Waals surface area contributed by atoms with Gasteiger partial charge in [0.1, 0.15) is 0 Å². The van der Waals surface area contributed by atoms with E-state index >= 15 is 0 Å². The van der Waals surface area contributed by atoms with Gasteiger partial charge in [0.25, 0.3) is 0 Å². The summed E-state index contributed by atoms with van der Waals surface area (Å²) in [7, 11) is 2.05. The van der Waals surface area contributed by atoms with Crippen LogP contribution in [0, 0.1) is 6.92 Å². The van der Waals surface area contributed by atoms with Crippen LogP contribution in [-0.4, -0.2) is 31.3 Å². The molecule has 0 aromatic heterocycles. The normalized spacial score (nSPS) is 21.6. The third kappa shape index (κ3) is 1.73. The number of hydrogen-bond donors (Lipinski definition) is 2. The number of hydrogen-bond acceptors (Lipinski definition) is 3. The molecule has 0 aliphatic carbocycles. The van der Waals surface area contributed by atoms with E-state index in [9.17, 15) is 5.11 Å². The molecule has 1 aromatic carbocycles. The number of anilines is 1. The Morgan fingerprint density at radius 1 is 1.60 bits per heavy atom. The first-order chi connectivity index (χ1) is 7.13. The first kappa shape index (κ1) is 10.5. The molecule has 82 valence electrons. The second-order valence-electron chi connectivity index (χ2n) is 4.35. The van der Waals surface area contributed by atoms with Crippen molar-refractivity contribution in [1.29, 1.82) is 0 Å². The molecule has 1 heterocycles. The largest absolute Gasteiger partial charge is 0.391 e. The number of fused-ring (bicyclic) bond motifs is 1. The Morgan fingerprint density at radius 3 is 3.00 bits per heavy atom. The molecule has 2 rings (SSSR count). The molecule has 0 saturated heterocycles. The molecule has 1 aliphatic rings. The number of benzene rings is 1. The predicted molar refractivity (Wildman–Crippen MR) is 62.3 cm³/mol. The zero-order valence-corrected chi connectivity index (χ0v) is 9.27. The summed E-state index contributed by atoms with van der Waals surface area (Å²) in [6, 6.07) is 6.38. The van der Waals surface area contributed by atoms with E-state index in [1.165, 1.54) is 16.8 Å². The van der Waals surface area contributed by atoms with Gasteiger partial charge in [-0.1, -0.05) is 17.7 Å². The quantitative estimate of drug-likeness (QED) is 0.754. The molecule has 0 saturated carbocycles. The fourth-order valence-corrected chi connectivity index (χ4v) is 2.30. The van der Waals surface area contributed by atoms with E-state index in [1.807, 2.05) is 0 Å². The maximum absolute atomic E-state index is 9.86. The van der Waals surface area contributed by atoms with Crippen LogP contribution in [0.2, 0.25) is 0 Å². The topological polar surface area (TPSA) is 49.5 Å². The Bertz CT molecular complexity index is 365. The van der Waals surface area contributed by atoms with E-state index < -0.39 is 6.10 Å². The van der Waals surface area contributed by atoms with Crippen LogP contribution in [-0.2, 0) is 0 Å². The highest BCUT2D eigenvalue weighted by Gasteiger charge is 2.30. The van der Waals surface area contributed by atoms with E-state index in [4.69, 9.17) is 5.73 Å². The monoisotopic (exact) mass is 206 g/mol. The maximum atomic E-state index is 9.86. The number of likely N-dealkylation sites (N-methyl/N-ethyl adjacent to an activating group) is 1. The summed E-state index contributed by atoms with van der Waals surface area (Å²) in [5, 5.41) is 9.86. The average Bonchev–Trinajstić information content (AvgIpc) is 2.54. The minimum Gasteiger partial charge on any atom is -0.391 e. The van der Waals surface area contributed by atoms with Crippen molar-refractivity contribution < 1.29 is 5.11 Å². The van der Waals surface area contributed by atoms with Crippen LogP contribution in [0.5, 0.6) is 0 Å². The zero-order chi connectivity index (χ0) is 11.0. The summed E-state index contributed by atoms with van der Waals surface area (Å²) in [5.41, 5.74) is 9.21. The van der Waals surface area contributed by atoms with Gasteiger partial charge in [0.2, 0.25) is 0 Å². The number of aliphatic hydroxyl groups is 1. The van der Waals surface area contributed by atoms with E-state index in [1.54, 1.807) is 0 Å². The summed E-state index contributed by atoms with van der Waals surface area (Å²) in [4.78, 5) is 2.18. The van der Waals surface area contributed by atoms with Gasteiger partial charge < -0.3 is 15.7 Å². The van der Waals surface area contributed by atoms with E-state index in [-0.39, 0.29) is 5.92 Å². The predicted octanol–water partition coefficient (Wildman–Crippen LogP) is 0.848. The van der Waals surface area contributed by atoms with Gasteiger partial charge in [-0.2, -0.15) is 0 Å². The summed E-state index contributed by atoms with van der Waals surface area (Å²) in [6.45, 7) is 3.26. The van der Waals surface area contributed by atoms with Crippen LogP contribution in [0.25, 0.3) is 0 Å². The Hall–Kier alpha value is -1.06. The third-order valence-electron chi connectivity index (χ3n) is 3.17. The van der Waals surface area contributed by atoms with E-state index in [0.29, 0.717) is 6.54 Å². The SMILES string of the molecule is Cc1ccc2c(c1)C(C(O)CN)CN2C. The first-order valence-corrected chi connectivity index (χ1v) is 5.33. The van der Waals surface area contributed by atoms with Crippen LogP contribution >= 0.6 is 0 Å². The van der Waals surface area contributed by atoms with Crippen molar-refractivity contribution in [3.05, 3.63) is 29.3 Å². The average molecular weight is 206 g/mol. The molecule has 0 radical (unpaired) electrons. The lowest BCUT2D eigenvalue weighted by molar-refractivity contribution is 0.156. The van der Waals surface area contributed by atoms with Gasteiger partial charge in [-0.3, -0.25) is 0 Å². The molecular formula is C12H18N2O. The van der Waals surface area contributed by atoms with Gasteiger partial charge >= 0.3 is 0 Å². The molecule has 1 aliphatic heterocycles. The number of nitrogens with zero attached hydrogens (tertiary/aromatic N) is 1. The number of aliphatic hydroxyl groups excluding tert-OH is 1. The van der Waals surface area contributed by atoms with Crippen molar-refractivity contribution in [3.8, 4) is 0 Å². The zero-order valence-electron chi connectivity index (χ0n) is 9.27. The van der Waals surface area contributed by atoms with Crippen LogP contribution in [0.15, 0.2) is 18.2 Å². The smallest absolute Gasteiger partial charge is 0.0748 e. The Labute approximate surface area is 90.5 Å². The van der Waals surface area contributed by atoms with E-state index in [2.05, 4.69) is 37.1 Å². The highest BCUT2D eigenvalue weighted by molar-refractivity contribution is 5.61. The van der Waals surface area contributed by atoms with Gasteiger partial charge in [-0.15, -0.1) is 0 Å². The molecule has 2 unspecified atom stereocenters. The fraction of sp³-hybridized carbons (Fsp3) is 0.500. The Balaban J connectivity index is 2.39. The van der Waals surface area contributed by atoms with Crippen LogP contribution in [0.3, 0.4) is 0 Å². The number of aryl methyl sites for hydroxylation is 1. The molecule has 0 fully saturated rings. The lowest BCUT2D eigenvalue weighted by Gasteiger charge is -2.17. The highest BCUT2D eigenvalue weighted by Crippen LogP contribution is 2.37. The van der Waals surface area contributed by atoms with Crippen molar-refractivity contribution in [2.45, 2.75) is 18.9 Å². The van der Waals surface area contributed by atoms with Gasteiger partial charge in [0.15, 0.2) is 0 Å². The molecular weight excluding hydrogens is 188 g/mol. The lowest BCUT2D eigenvalue weighted by Crippen LogP contribution is -2.30. The molecule has 2 atom stereocenters. The standard InChI is InChI=1S/C12H18N2O/c1-8-3-4-11-9(5-8)10(7-14(11)2)12(15)6-13/h3-5,10,12,15H,6-7,13H2,1-2H3. The van der Waals surface area contributed by atoms with Gasteiger partial charge in [0, 0.05) is 31.7 Å². The third-order valence-corrected chi connectivity index (χ3v) is 3.17. The van der Waals surface area contributed by atoms with E-state index in [0.717, 1.165) is 6.54 Å². The highest BCUT2D eigenvalue weighted by atomic mass is 16.3. The molecule has 0 spiro atoms. The minimum atomic E-state index is -0.435. The van der Waals surface area contributed by atoms with Crippen molar-refractivity contribution in [1.82, 2.24) is 0 Å². The molecule has 3 nitrogen and oxygen atoms in total. The lowest BCUT2D eigenvalue weighted by atomic mass is 9.94. The van der Waals surface area contributed by atoms with Crippen LogP contribution in [0.1, 0.15) is 17.0 Å². The van der Waals surface area contributed by atoms with Crippen molar-refractivity contribution in [2.75, 3.05) is 25.0 Å². The number of rotatable bonds is 2. The molecule has 15 heavy (non-hydrogen) atoms. The summed E-state index contributed by atoms with van der Waals surface area (Å²) in [5.74, 6) is 0.162. The van der Waals surface area contributed by atoms with Crippen LogP contribution in [0.4, 0.5) is 5.69 Å². The summed E-state index contributed by atoms with van der Waals surface area (Å²) in [6.07, 6.45) is -0.435. The Kier molecular flexibility index (Phi) is 2.67. The van der Waals surface area contributed by atoms with Gasteiger partial charge in [0.05, 0.1) is 6.10 Å². The second kappa shape index (κ2) is 3.83. The first-order valence-electron chi connectivity index (χ1n) is 5.33. The van der Waals surface area contributed by atoms with Crippen molar-refractivity contribution in [3.63, 3.8) is 0 Å². The molecule has 0 amide bonds. The van der Waals surface area contributed by atoms with Crippen molar-refractivity contribution >= 4 is 5.69 Å². The second-order valence-corrected chi connectivity index (χ2v) is 4.35. The van der Waals surface area contributed by atoms with Crippen LogP contribution < -0.4 is 10.6 Å². The van der Waals surface area contributed by atoms with Gasteiger partial charge in [-0.25, -0.2) is 0 Å². The molecule has 3 N–H and O–H groups in total. The molecule has 1 aromatic rings. The summed E-state index contributed by atoms with van der Waals surface area (Å²) < 4.78 is 0.